The lowest BCUT2D eigenvalue weighted by Gasteiger charge is -2.18. The number of halogens is 2. The van der Waals surface area contributed by atoms with Crippen LogP contribution in [-0.4, -0.2) is 12.5 Å². The van der Waals surface area contributed by atoms with Crippen LogP contribution < -0.4 is 10.6 Å². The van der Waals surface area contributed by atoms with Crippen LogP contribution in [0.3, 0.4) is 0 Å². The van der Waals surface area contributed by atoms with Gasteiger partial charge in [-0.05, 0) is 48.4 Å². The average Bonchev–Trinajstić information content (AvgIpc) is 2.83. The van der Waals surface area contributed by atoms with E-state index in [1.165, 1.54) is 18.2 Å². The molecule has 0 radical (unpaired) electrons. The highest BCUT2D eigenvalue weighted by Crippen LogP contribution is 2.31. The fourth-order valence-electron chi connectivity index (χ4n) is 2.44. The number of carbonyl (C=O) groups is 1. The summed E-state index contributed by atoms with van der Waals surface area (Å²) < 4.78 is 13.8. The molecule has 0 bridgehead atoms. The largest absolute Gasteiger partial charge is 0.399 e. The number of amides is 1. The number of carbonyl (C=O) groups excluding carboxylic acids is 1. The summed E-state index contributed by atoms with van der Waals surface area (Å²) in [7, 11) is 0. The van der Waals surface area contributed by atoms with Gasteiger partial charge in [-0.15, -0.1) is 0 Å². The van der Waals surface area contributed by atoms with Crippen molar-refractivity contribution in [1.82, 2.24) is 0 Å². The topological polar surface area (TPSA) is 46.3 Å². The number of rotatable bonds is 1. The van der Waals surface area contributed by atoms with Gasteiger partial charge in [-0.25, -0.2) is 4.39 Å². The van der Waals surface area contributed by atoms with E-state index >= 15 is 0 Å². The molecular weight excluding hydrogens is 279 g/mol. The van der Waals surface area contributed by atoms with Crippen molar-refractivity contribution >= 4 is 28.9 Å². The Morgan fingerprint density at radius 3 is 2.85 bits per heavy atom. The second-order valence-corrected chi connectivity index (χ2v) is 5.16. The van der Waals surface area contributed by atoms with Crippen LogP contribution in [0.15, 0.2) is 36.4 Å². The van der Waals surface area contributed by atoms with Crippen molar-refractivity contribution in [3.63, 3.8) is 0 Å². The van der Waals surface area contributed by atoms with E-state index in [2.05, 4.69) is 0 Å². The molecule has 1 aliphatic heterocycles. The molecule has 0 unspecified atom stereocenters. The normalized spacial score (nSPS) is 13.4. The molecule has 0 atom stereocenters. The van der Waals surface area contributed by atoms with Crippen molar-refractivity contribution in [2.75, 3.05) is 17.2 Å². The van der Waals surface area contributed by atoms with E-state index in [1.54, 1.807) is 17.0 Å². The Hall–Kier alpha value is -2.07. The minimum Gasteiger partial charge on any atom is -0.399 e. The van der Waals surface area contributed by atoms with E-state index < -0.39 is 5.82 Å². The van der Waals surface area contributed by atoms with Gasteiger partial charge in [-0.3, -0.25) is 4.79 Å². The summed E-state index contributed by atoms with van der Waals surface area (Å²) in [4.78, 5) is 14.0. The second-order valence-electron chi connectivity index (χ2n) is 4.72. The first-order valence-electron chi connectivity index (χ1n) is 6.21. The van der Waals surface area contributed by atoms with Crippen molar-refractivity contribution in [1.29, 1.82) is 0 Å². The molecule has 3 rings (SSSR count). The molecule has 0 saturated carbocycles. The standard InChI is InChI=1S/C15H12ClFN2O/c16-10-1-3-13(17)12(8-10)15(20)19-6-5-9-7-11(18)2-4-14(9)19/h1-4,7-8H,5-6,18H2. The minimum absolute atomic E-state index is 0.0119. The lowest BCUT2D eigenvalue weighted by Crippen LogP contribution is -2.29. The first-order chi connectivity index (χ1) is 9.56. The zero-order valence-corrected chi connectivity index (χ0v) is 11.3. The summed E-state index contributed by atoms with van der Waals surface area (Å²) in [5, 5.41) is 0.339. The SMILES string of the molecule is Nc1ccc2c(c1)CCN2C(=O)c1cc(Cl)ccc1F. The van der Waals surface area contributed by atoms with E-state index in [4.69, 9.17) is 17.3 Å². The zero-order chi connectivity index (χ0) is 14.3. The smallest absolute Gasteiger partial charge is 0.261 e. The molecule has 0 fully saturated rings. The number of hydrogen-bond acceptors (Lipinski definition) is 2. The Bertz CT molecular complexity index is 702. The molecule has 102 valence electrons. The van der Waals surface area contributed by atoms with Crippen molar-refractivity contribution < 1.29 is 9.18 Å². The van der Waals surface area contributed by atoms with Gasteiger partial charge in [0.15, 0.2) is 0 Å². The first-order valence-corrected chi connectivity index (χ1v) is 6.59. The Labute approximate surface area is 120 Å². The summed E-state index contributed by atoms with van der Waals surface area (Å²) in [5.74, 6) is -0.947. The molecule has 0 aliphatic carbocycles. The number of anilines is 2. The summed E-state index contributed by atoms with van der Waals surface area (Å²) in [6.07, 6.45) is 0.717. The maximum absolute atomic E-state index is 13.8. The third-order valence-electron chi connectivity index (χ3n) is 3.40. The van der Waals surface area contributed by atoms with Gasteiger partial charge in [-0.2, -0.15) is 0 Å². The van der Waals surface area contributed by atoms with Gasteiger partial charge in [-0.1, -0.05) is 11.6 Å². The monoisotopic (exact) mass is 290 g/mol. The lowest BCUT2D eigenvalue weighted by atomic mass is 10.1. The van der Waals surface area contributed by atoms with Crippen LogP contribution in [0.25, 0.3) is 0 Å². The van der Waals surface area contributed by atoms with Gasteiger partial charge in [0.1, 0.15) is 5.82 Å². The number of hydrogen-bond donors (Lipinski definition) is 1. The predicted octanol–water partition coefficient (Wildman–Crippen LogP) is 3.26. The Morgan fingerprint density at radius 1 is 1.25 bits per heavy atom. The van der Waals surface area contributed by atoms with Crippen molar-refractivity contribution in [2.45, 2.75) is 6.42 Å². The maximum atomic E-state index is 13.8. The fourth-order valence-corrected chi connectivity index (χ4v) is 2.61. The van der Waals surface area contributed by atoms with E-state index in [9.17, 15) is 9.18 Å². The van der Waals surface area contributed by atoms with E-state index in [-0.39, 0.29) is 11.5 Å². The molecule has 0 spiro atoms. The minimum atomic E-state index is -0.566. The fraction of sp³-hybridized carbons (Fsp3) is 0.133. The highest BCUT2D eigenvalue weighted by atomic mass is 35.5. The highest BCUT2D eigenvalue weighted by molar-refractivity contribution is 6.31. The van der Waals surface area contributed by atoms with E-state index in [1.807, 2.05) is 6.07 Å². The van der Waals surface area contributed by atoms with Crippen LogP contribution >= 0.6 is 11.6 Å². The molecule has 2 aromatic rings. The van der Waals surface area contributed by atoms with Gasteiger partial charge in [0.2, 0.25) is 0 Å². The first kappa shape index (κ1) is 12.9. The molecule has 1 amide bonds. The number of nitrogen functional groups attached to an aromatic ring is 1. The molecule has 2 aromatic carbocycles. The lowest BCUT2D eigenvalue weighted by molar-refractivity contribution is 0.0985. The Balaban J connectivity index is 2.00. The molecule has 3 nitrogen and oxygen atoms in total. The van der Waals surface area contributed by atoms with Gasteiger partial charge in [0.25, 0.3) is 5.91 Å². The van der Waals surface area contributed by atoms with Crippen molar-refractivity contribution in [3.05, 3.63) is 58.4 Å². The number of benzene rings is 2. The second kappa shape index (κ2) is 4.80. The summed E-state index contributed by atoms with van der Waals surface area (Å²) >= 11 is 5.83. The zero-order valence-electron chi connectivity index (χ0n) is 10.6. The van der Waals surface area contributed by atoms with E-state index in [0.717, 1.165) is 11.3 Å². The molecule has 1 aliphatic rings. The molecule has 0 aromatic heterocycles. The Kier molecular flexibility index (Phi) is 3.10. The average molecular weight is 291 g/mol. The molecule has 1 heterocycles. The van der Waals surface area contributed by atoms with Crippen LogP contribution in [0, 0.1) is 5.82 Å². The maximum Gasteiger partial charge on any atom is 0.261 e. The molecule has 20 heavy (non-hydrogen) atoms. The van der Waals surface area contributed by atoms with Crippen LogP contribution in [0.2, 0.25) is 5.02 Å². The number of fused-ring (bicyclic) bond motifs is 1. The van der Waals surface area contributed by atoms with Gasteiger partial charge < -0.3 is 10.6 Å². The van der Waals surface area contributed by atoms with Crippen LogP contribution in [0.4, 0.5) is 15.8 Å². The molecule has 5 heteroatoms. The van der Waals surface area contributed by atoms with Crippen molar-refractivity contribution in [3.8, 4) is 0 Å². The molecule has 2 N–H and O–H groups in total. The van der Waals surface area contributed by atoms with E-state index in [0.29, 0.717) is 23.7 Å². The summed E-state index contributed by atoms with van der Waals surface area (Å²) in [6.45, 7) is 0.517. The molecular formula is C15H12ClFN2O. The number of nitrogens with zero attached hydrogens (tertiary/aromatic N) is 1. The predicted molar refractivity (Wildman–Crippen MR) is 77.6 cm³/mol. The molecule has 0 saturated heterocycles. The number of nitrogens with two attached hydrogens (primary N) is 1. The van der Waals surface area contributed by atoms with Crippen molar-refractivity contribution in [2.24, 2.45) is 0 Å². The van der Waals surface area contributed by atoms with Crippen LogP contribution in [-0.2, 0) is 6.42 Å². The quantitative estimate of drug-likeness (QED) is 0.819. The summed E-state index contributed by atoms with van der Waals surface area (Å²) in [5.41, 5.74) is 8.16. The third-order valence-corrected chi connectivity index (χ3v) is 3.64. The van der Waals surface area contributed by atoms with Gasteiger partial charge >= 0.3 is 0 Å². The van der Waals surface area contributed by atoms with Gasteiger partial charge in [0, 0.05) is 22.9 Å². The van der Waals surface area contributed by atoms with Crippen LogP contribution in [0.1, 0.15) is 15.9 Å². The van der Waals surface area contributed by atoms with Crippen LogP contribution in [0.5, 0.6) is 0 Å². The summed E-state index contributed by atoms with van der Waals surface area (Å²) in [6, 6.07) is 9.35. The highest BCUT2D eigenvalue weighted by Gasteiger charge is 2.27. The van der Waals surface area contributed by atoms with Gasteiger partial charge in [0.05, 0.1) is 5.56 Å². The Morgan fingerprint density at radius 2 is 2.05 bits per heavy atom. The third kappa shape index (κ3) is 2.12.